The van der Waals surface area contributed by atoms with Gasteiger partial charge in [0, 0.05) is 0 Å². The van der Waals surface area contributed by atoms with Crippen LogP contribution in [0.1, 0.15) is 24.2 Å². The third-order valence-corrected chi connectivity index (χ3v) is 2.16. The summed E-state index contributed by atoms with van der Waals surface area (Å²) in [4.78, 5) is 33.7. The predicted octanol–water partition coefficient (Wildman–Crippen LogP) is 1.40. The van der Waals surface area contributed by atoms with Crippen LogP contribution in [0.4, 0.5) is 0 Å². The van der Waals surface area contributed by atoms with E-state index in [-0.39, 0.29) is 17.9 Å². The van der Waals surface area contributed by atoms with E-state index in [0.29, 0.717) is 6.29 Å². The largest absolute Gasteiger partial charge is 0.470 e. The van der Waals surface area contributed by atoms with Crippen LogP contribution in [0.25, 0.3) is 0 Å². The van der Waals surface area contributed by atoms with Crippen LogP contribution in [0, 0.1) is 0 Å². The van der Waals surface area contributed by atoms with Crippen molar-refractivity contribution in [2.45, 2.75) is 20.0 Å². The third kappa shape index (κ3) is 3.41. The van der Waals surface area contributed by atoms with E-state index in [1.54, 1.807) is 19.1 Å². The summed E-state index contributed by atoms with van der Waals surface area (Å²) in [6.07, 6.45) is -0.747. The molecule has 0 aliphatic heterocycles. The second kappa shape index (κ2) is 6.54. The first-order chi connectivity index (χ1) is 8.60. The molecule has 0 aliphatic carbocycles. The molecule has 0 bridgehead atoms. The summed E-state index contributed by atoms with van der Waals surface area (Å²) >= 11 is 0. The number of Topliss-reactive ketones (excluding diaryl/α,β-unsaturated/α-hetero) is 1. The zero-order valence-electron chi connectivity index (χ0n) is 10.2. The fourth-order valence-corrected chi connectivity index (χ4v) is 1.33. The molecule has 0 fully saturated rings. The van der Waals surface area contributed by atoms with E-state index in [0.717, 1.165) is 0 Å². The van der Waals surface area contributed by atoms with E-state index in [2.05, 4.69) is 0 Å². The Kier molecular flexibility index (Phi) is 5.05. The minimum atomic E-state index is -1.34. The normalized spacial score (nSPS) is 11.4. The third-order valence-electron chi connectivity index (χ3n) is 2.16. The van der Waals surface area contributed by atoms with Crippen LogP contribution >= 0.6 is 0 Å². The van der Waals surface area contributed by atoms with Gasteiger partial charge >= 0.3 is 5.97 Å². The molecule has 0 aliphatic rings. The fraction of sp³-hybridized carbons (Fsp3) is 0.308. The Hall–Kier alpha value is -2.17. The van der Waals surface area contributed by atoms with E-state index in [1.807, 2.05) is 0 Å². The highest BCUT2D eigenvalue weighted by molar-refractivity contribution is 6.01. The molecule has 0 aromatic heterocycles. The van der Waals surface area contributed by atoms with Crippen molar-refractivity contribution < 1.29 is 23.9 Å². The van der Waals surface area contributed by atoms with Crippen molar-refractivity contribution in [3.05, 3.63) is 29.8 Å². The van der Waals surface area contributed by atoms with Crippen molar-refractivity contribution in [3.8, 4) is 5.75 Å². The van der Waals surface area contributed by atoms with Gasteiger partial charge in [-0.2, -0.15) is 0 Å². The number of carbonyl (C=O) groups excluding carboxylic acids is 3. The standard InChI is InChI=1S/C13H14O5/c1-3-17-13(16)12(9(2)15)18-11-7-5-4-6-10(11)8-14/h4-8,12H,3H2,1-2H3. The Morgan fingerprint density at radius 1 is 1.33 bits per heavy atom. The summed E-state index contributed by atoms with van der Waals surface area (Å²) < 4.78 is 9.99. The number of rotatable bonds is 6. The maximum atomic E-state index is 11.5. The molecule has 0 N–H and O–H groups in total. The van der Waals surface area contributed by atoms with Gasteiger partial charge in [0.15, 0.2) is 12.1 Å². The molecule has 96 valence electrons. The molecule has 5 nitrogen and oxygen atoms in total. The maximum absolute atomic E-state index is 11.5. The summed E-state index contributed by atoms with van der Waals surface area (Å²) in [5.41, 5.74) is 0.271. The summed E-state index contributed by atoms with van der Waals surface area (Å²) in [5.74, 6) is -1.05. The second-order valence-corrected chi connectivity index (χ2v) is 3.52. The van der Waals surface area contributed by atoms with Crippen molar-refractivity contribution >= 4 is 18.0 Å². The van der Waals surface area contributed by atoms with E-state index < -0.39 is 17.9 Å². The summed E-state index contributed by atoms with van der Waals surface area (Å²) in [7, 11) is 0. The van der Waals surface area contributed by atoms with Crippen molar-refractivity contribution in [3.63, 3.8) is 0 Å². The number of hydrogen-bond acceptors (Lipinski definition) is 5. The number of benzene rings is 1. The van der Waals surface area contributed by atoms with Gasteiger partial charge in [0.25, 0.3) is 6.10 Å². The first-order valence-corrected chi connectivity index (χ1v) is 5.48. The Morgan fingerprint density at radius 3 is 2.56 bits per heavy atom. The molecular weight excluding hydrogens is 236 g/mol. The minimum absolute atomic E-state index is 0.154. The summed E-state index contributed by atoms with van der Waals surface area (Å²) in [5, 5.41) is 0. The Bertz CT molecular complexity index is 452. The van der Waals surface area contributed by atoms with Crippen molar-refractivity contribution in [1.82, 2.24) is 0 Å². The van der Waals surface area contributed by atoms with Gasteiger partial charge in [0.1, 0.15) is 5.75 Å². The SMILES string of the molecule is CCOC(=O)C(Oc1ccccc1C=O)C(C)=O. The second-order valence-electron chi connectivity index (χ2n) is 3.52. The Morgan fingerprint density at radius 2 is 2.00 bits per heavy atom. The van der Waals surface area contributed by atoms with Crippen LogP contribution in [-0.2, 0) is 14.3 Å². The predicted molar refractivity (Wildman–Crippen MR) is 63.6 cm³/mol. The zero-order valence-corrected chi connectivity index (χ0v) is 10.2. The molecule has 1 rings (SSSR count). The quantitative estimate of drug-likeness (QED) is 0.433. The van der Waals surface area contributed by atoms with Gasteiger partial charge < -0.3 is 9.47 Å². The van der Waals surface area contributed by atoms with Gasteiger partial charge in [-0.3, -0.25) is 9.59 Å². The van der Waals surface area contributed by atoms with Gasteiger partial charge in [-0.05, 0) is 26.0 Å². The first kappa shape index (κ1) is 13.9. The monoisotopic (exact) mass is 250 g/mol. The smallest absolute Gasteiger partial charge is 0.355 e. The van der Waals surface area contributed by atoms with E-state index in [4.69, 9.17) is 9.47 Å². The van der Waals surface area contributed by atoms with Crippen LogP contribution in [0.3, 0.4) is 0 Å². The number of aldehydes is 1. The fourth-order valence-electron chi connectivity index (χ4n) is 1.33. The lowest BCUT2D eigenvalue weighted by Gasteiger charge is -2.15. The highest BCUT2D eigenvalue weighted by Crippen LogP contribution is 2.18. The van der Waals surface area contributed by atoms with E-state index in [1.165, 1.54) is 19.1 Å². The van der Waals surface area contributed by atoms with Gasteiger partial charge in [-0.15, -0.1) is 0 Å². The van der Waals surface area contributed by atoms with E-state index >= 15 is 0 Å². The van der Waals surface area contributed by atoms with Crippen LogP contribution in [-0.4, -0.2) is 30.7 Å². The van der Waals surface area contributed by atoms with Crippen LogP contribution in [0.2, 0.25) is 0 Å². The van der Waals surface area contributed by atoms with Crippen LogP contribution < -0.4 is 4.74 Å². The highest BCUT2D eigenvalue weighted by atomic mass is 16.6. The number of para-hydroxylation sites is 1. The van der Waals surface area contributed by atoms with Gasteiger partial charge in [-0.1, -0.05) is 12.1 Å². The molecule has 1 aromatic rings. The zero-order chi connectivity index (χ0) is 13.5. The Labute approximate surface area is 105 Å². The van der Waals surface area contributed by atoms with Gasteiger partial charge in [0.2, 0.25) is 0 Å². The lowest BCUT2D eigenvalue weighted by atomic mass is 10.2. The molecule has 1 unspecified atom stereocenters. The lowest BCUT2D eigenvalue weighted by Crippen LogP contribution is -2.36. The summed E-state index contributed by atoms with van der Waals surface area (Å²) in [6.45, 7) is 3.01. The highest BCUT2D eigenvalue weighted by Gasteiger charge is 2.27. The molecule has 0 heterocycles. The van der Waals surface area contributed by atoms with Crippen molar-refractivity contribution in [2.75, 3.05) is 6.61 Å². The number of hydrogen-bond donors (Lipinski definition) is 0. The average molecular weight is 250 g/mol. The summed E-state index contributed by atoms with van der Waals surface area (Å²) in [6, 6.07) is 6.35. The molecule has 1 aromatic carbocycles. The molecule has 0 radical (unpaired) electrons. The van der Waals surface area contributed by atoms with Crippen LogP contribution in [0.15, 0.2) is 24.3 Å². The number of ketones is 1. The molecule has 0 saturated carbocycles. The number of ether oxygens (including phenoxy) is 2. The maximum Gasteiger partial charge on any atom is 0.355 e. The number of carbonyl (C=O) groups is 3. The van der Waals surface area contributed by atoms with Crippen LogP contribution in [0.5, 0.6) is 5.75 Å². The molecule has 0 spiro atoms. The average Bonchev–Trinajstić information content (AvgIpc) is 2.36. The molecule has 0 saturated heterocycles. The molecule has 0 amide bonds. The first-order valence-electron chi connectivity index (χ1n) is 5.48. The topological polar surface area (TPSA) is 69.7 Å². The van der Waals surface area contributed by atoms with Crippen molar-refractivity contribution in [1.29, 1.82) is 0 Å². The number of esters is 1. The molecule has 5 heteroatoms. The Balaban J connectivity index is 2.93. The van der Waals surface area contributed by atoms with Crippen molar-refractivity contribution in [2.24, 2.45) is 0 Å². The van der Waals surface area contributed by atoms with E-state index in [9.17, 15) is 14.4 Å². The lowest BCUT2D eigenvalue weighted by molar-refractivity contribution is -0.154. The minimum Gasteiger partial charge on any atom is -0.470 e. The molecule has 18 heavy (non-hydrogen) atoms. The molecule has 1 atom stereocenters. The van der Waals surface area contributed by atoms with Gasteiger partial charge in [0.05, 0.1) is 12.2 Å². The molecular formula is C13H14O5. The van der Waals surface area contributed by atoms with Gasteiger partial charge in [-0.25, -0.2) is 4.79 Å².